The minimum atomic E-state index is 0.317. The van der Waals surface area contributed by atoms with Gasteiger partial charge in [0.05, 0.1) is 17.6 Å². The number of fused-ring (bicyclic) bond motifs is 1. The zero-order chi connectivity index (χ0) is 12.6. The van der Waals surface area contributed by atoms with E-state index in [0.717, 1.165) is 23.4 Å². The van der Waals surface area contributed by atoms with Crippen LogP contribution < -0.4 is 0 Å². The van der Waals surface area contributed by atoms with Crippen LogP contribution >= 0.6 is 23.4 Å². The van der Waals surface area contributed by atoms with Crippen molar-refractivity contribution in [1.82, 2.24) is 14.5 Å². The van der Waals surface area contributed by atoms with Gasteiger partial charge >= 0.3 is 0 Å². The number of hydrogen-bond donors (Lipinski definition) is 0. The van der Waals surface area contributed by atoms with E-state index in [0.29, 0.717) is 10.6 Å². The van der Waals surface area contributed by atoms with Crippen molar-refractivity contribution >= 4 is 34.4 Å². The molecule has 1 aliphatic rings. The monoisotopic (exact) mass is 281 g/mol. The molecule has 96 valence electrons. The third kappa shape index (κ3) is 2.12. The van der Waals surface area contributed by atoms with Crippen LogP contribution in [0.3, 0.4) is 0 Å². The number of imidazole rings is 1. The van der Waals surface area contributed by atoms with E-state index in [4.69, 9.17) is 11.6 Å². The summed E-state index contributed by atoms with van der Waals surface area (Å²) in [7, 11) is 0. The topological polar surface area (TPSA) is 30.7 Å². The first-order chi connectivity index (χ1) is 8.72. The molecule has 2 aromatic rings. The summed E-state index contributed by atoms with van der Waals surface area (Å²) < 4.78 is 2.58. The number of thioether (sulfide) groups is 1. The van der Waals surface area contributed by atoms with Gasteiger partial charge in [-0.3, -0.25) is 4.98 Å². The molecule has 1 aliphatic heterocycles. The van der Waals surface area contributed by atoms with Crippen molar-refractivity contribution in [1.29, 1.82) is 0 Å². The first kappa shape index (κ1) is 12.3. The highest BCUT2D eigenvalue weighted by Crippen LogP contribution is 2.39. The van der Waals surface area contributed by atoms with Crippen molar-refractivity contribution in [3.05, 3.63) is 24.3 Å². The first-order valence-electron chi connectivity index (χ1n) is 6.21. The second-order valence-electron chi connectivity index (χ2n) is 5.01. The highest BCUT2D eigenvalue weighted by atomic mass is 35.5. The SMILES string of the molecule is CC1(Cn2c(CCl)nc3cnccc32)CCCS1. The Bertz CT molecular complexity index is 560. The zero-order valence-corrected chi connectivity index (χ0v) is 12.0. The molecule has 1 atom stereocenters. The Hall–Kier alpha value is -0.740. The van der Waals surface area contributed by atoms with Gasteiger partial charge in [-0.05, 0) is 31.6 Å². The van der Waals surface area contributed by atoms with Crippen LogP contribution in [0.2, 0.25) is 0 Å². The van der Waals surface area contributed by atoms with Gasteiger partial charge in [-0.25, -0.2) is 4.98 Å². The molecular formula is C13H16ClN3S. The van der Waals surface area contributed by atoms with Crippen LogP contribution in [0, 0.1) is 0 Å². The van der Waals surface area contributed by atoms with Gasteiger partial charge < -0.3 is 4.57 Å². The van der Waals surface area contributed by atoms with Gasteiger partial charge in [-0.1, -0.05) is 0 Å². The van der Waals surface area contributed by atoms with E-state index in [2.05, 4.69) is 33.2 Å². The fourth-order valence-electron chi connectivity index (χ4n) is 2.61. The van der Waals surface area contributed by atoms with E-state index in [1.807, 2.05) is 18.5 Å². The lowest BCUT2D eigenvalue weighted by Crippen LogP contribution is -2.24. The molecule has 18 heavy (non-hydrogen) atoms. The quantitative estimate of drug-likeness (QED) is 0.808. The van der Waals surface area contributed by atoms with E-state index in [-0.39, 0.29) is 0 Å². The molecule has 5 heteroatoms. The molecule has 1 unspecified atom stereocenters. The lowest BCUT2D eigenvalue weighted by atomic mass is 10.1. The molecule has 3 nitrogen and oxygen atoms in total. The van der Waals surface area contributed by atoms with E-state index in [1.54, 1.807) is 0 Å². The summed E-state index contributed by atoms with van der Waals surface area (Å²) in [5.41, 5.74) is 2.09. The van der Waals surface area contributed by atoms with Crippen LogP contribution in [-0.4, -0.2) is 25.0 Å². The molecule has 0 radical (unpaired) electrons. The summed E-state index contributed by atoms with van der Waals surface area (Å²) >= 11 is 8.09. The Morgan fingerprint density at radius 3 is 3.17 bits per heavy atom. The number of alkyl halides is 1. The zero-order valence-electron chi connectivity index (χ0n) is 10.4. The van der Waals surface area contributed by atoms with Crippen molar-refractivity contribution in [3.8, 4) is 0 Å². The molecule has 0 amide bonds. The number of halogens is 1. The van der Waals surface area contributed by atoms with Gasteiger partial charge in [0, 0.05) is 17.5 Å². The van der Waals surface area contributed by atoms with Crippen molar-refractivity contribution in [2.24, 2.45) is 0 Å². The van der Waals surface area contributed by atoms with Crippen LogP contribution in [0.15, 0.2) is 18.5 Å². The normalized spacial score (nSPS) is 23.9. The molecule has 1 fully saturated rings. The van der Waals surface area contributed by atoms with Crippen molar-refractivity contribution in [3.63, 3.8) is 0 Å². The van der Waals surface area contributed by atoms with Crippen LogP contribution in [0.4, 0.5) is 0 Å². The summed E-state index contributed by atoms with van der Waals surface area (Å²) in [5.74, 6) is 2.67. The summed E-state index contributed by atoms with van der Waals surface area (Å²) in [4.78, 5) is 8.69. The van der Waals surface area contributed by atoms with Gasteiger partial charge in [-0.15, -0.1) is 11.6 Å². The maximum Gasteiger partial charge on any atom is 0.124 e. The fraction of sp³-hybridized carbons (Fsp3) is 0.538. The van der Waals surface area contributed by atoms with Crippen LogP contribution in [0.1, 0.15) is 25.6 Å². The van der Waals surface area contributed by atoms with Gasteiger partial charge in [-0.2, -0.15) is 11.8 Å². The summed E-state index contributed by atoms with van der Waals surface area (Å²) in [6.07, 6.45) is 6.21. The first-order valence-corrected chi connectivity index (χ1v) is 7.73. The number of rotatable bonds is 3. The van der Waals surface area contributed by atoms with Crippen LogP contribution in [0.5, 0.6) is 0 Å². The standard InChI is InChI=1S/C13H16ClN3S/c1-13(4-2-6-18-13)9-17-11-3-5-15-8-10(11)16-12(17)7-14/h3,5,8H,2,4,6-7,9H2,1H3. The number of aromatic nitrogens is 3. The minimum absolute atomic E-state index is 0.317. The van der Waals surface area contributed by atoms with E-state index in [1.165, 1.54) is 18.6 Å². The highest BCUT2D eigenvalue weighted by molar-refractivity contribution is 8.00. The summed E-state index contributed by atoms with van der Waals surface area (Å²) in [5, 5.41) is 0. The molecule has 0 saturated carbocycles. The Morgan fingerprint density at radius 2 is 2.44 bits per heavy atom. The molecular weight excluding hydrogens is 266 g/mol. The maximum absolute atomic E-state index is 6.02. The van der Waals surface area contributed by atoms with Crippen LogP contribution in [0.25, 0.3) is 11.0 Å². The van der Waals surface area contributed by atoms with E-state index < -0.39 is 0 Å². The second kappa shape index (κ2) is 4.74. The largest absolute Gasteiger partial charge is 0.325 e. The average Bonchev–Trinajstić information content (AvgIpc) is 2.95. The summed E-state index contributed by atoms with van der Waals surface area (Å²) in [6, 6.07) is 2.03. The fourth-order valence-corrected chi connectivity index (χ4v) is 4.10. The van der Waals surface area contributed by atoms with Gasteiger partial charge in [0.25, 0.3) is 0 Å². The predicted molar refractivity (Wildman–Crippen MR) is 77.2 cm³/mol. The van der Waals surface area contributed by atoms with E-state index >= 15 is 0 Å². The third-order valence-corrected chi connectivity index (χ3v) is 5.30. The molecule has 0 aliphatic carbocycles. The Kier molecular flexibility index (Phi) is 3.24. The smallest absolute Gasteiger partial charge is 0.124 e. The third-order valence-electron chi connectivity index (χ3n) is 3.54. The predicted octanol–water partition coefficient (Wildman–Crippen LogP) is 3.46. The average molecular weight is 282 g/mol. The Balaban J connectivity index is 2.04. The molecule has 0 spiro atoms. The molecule has 1 saturated heterocycles. The van der Waals surface area contributed by atoms with Crippen molar-refractivity contribution in [2.75, 3.05) is 5.75 Å². The number of hydrogen-bond acceptors (Lipinski definition) is 3. The molecule has 3 rings (SSSR count). The molecule has 0 N–H and O–H groups in total. The van der Waals surface area contributed by atoms with Crippen molar-refractivity contribution in [2.45, 2.75) is 36.9 Å². The Labute approximate surface area is 116 Å². The second-order valence-corrected chi connectivity index (χ2v) is 6.96. The van der Waals surface area contributed by atoms with Crippen molar-refractivity contribution < 1.29 is 0 Å². The minimum Gasteiger partial charge on any atom is -0.325 e. The summed E-state index contributed by atoms with van der Waals surface area (Å²) in [6.45, 7) is 3.33. The molecule has 2 aromatic heterocycles. The molecule has 0 aromatic carbocycles. The number of nitrogens with zero attached hydrogens (tertiary/aromatic N) is 3. The lowest BCUT2D eigenvalue weighted by molar-refractivity contribution is 0.510. The molecule has 0 bridgehead atoms. The van der Waals surface area contributed by atoms with Gasteiger partial charge in [0.1, 0.15) is 11.3 Å². The lowest BCUT2D eigenvalue weighted by Gasteiger charge is -2.24. The van der Waals surface area contributed by atoms with Gasteiger partial charge in [0.15, 0.2) is 0 Å². The molecule has 3 heterocycles. The Morgan fingerprint density at radius 1 is 1.56 bits per heavy atom. The highest BCUT2D eigenvalue weighted by Gasteiger charge is 2.31. The number of pyridine rings is 1. The van der Waals surface area contributed by atoms with Crippen LogP contribution in [-0.2, 0) is 12.4 Å². The maximum atomic E-state index is 6.02. The van der Waals surface area contributed by atoms with E-state index in [9.17, 15) is 0 Å². The van der Waals surface area contributed by atoms with Gasteiger partial charge in [0.2, 0.25) is 0 Å².